The van der Waals surface area contributed by atoms with Crippen molar-refractivity contribution in [2.75, 3.05) is 0 Å². The number of fused-ring (bicyclic) bond motifs is 28. The van der Waals surface area contributed by atoms with Gasteiger partial charge in [0, 0.05) is 76.1 Å². The third-order valence-electron chi connectivity index (χ3n) is 19.6. The SMILES string of the molecule is N#Cc1c(C#N)c(-n2c3ccccc3c3c4oc5ccccc5c4ccc32)c(-n2c3ccccc3c3c4oc5ccccc5c4ccc32)c(-n2c3c(c4ccccc42)-c2oc4ccccc4c2CC3)c1-n1c2ccccc2c2c3oc4ccccc4c3ccc21. The van der Waals surface area contributed by atoms with Crippen LogP contribution in [0, 0.1) is 22.7 Å². The van der Waals surface area contributed by atoms with E-state index >= 15 is 0 Å². The summed E-state index contributed by atoms with van der Waals surface area (Å²) >= 11 is 0. The molecule has 0 aliphatic heterocycles. The van der Waals surface area contributed by atoms with Crippen LogP contribution in [-0.2, 0) is 12.8 Å². The van der Waals surface area contributed by atoms with Crippen LogP contribution in [0.4, 0.5) is 0 Å². The first kappa shape index (κ1) is 47.7. The molecular formula is C80H42N6O4. The standard InChI is InChI=1S/C80H42N6O4/c81-41-55-56(42-82)74(84-58-26-10-2-22-52(58)70-62(84)38-34-48-44-18-6-14-30-66(44)88-78(48)70)76(86-60-28-12-4-24-54(60)72-64(86)40-36-50-46-20-8-16-32-68(46)90-80(50)72)75(85-59-27-11-3-23-53(59)71-63(85)39-35-49-45-19-7-15-31-67(45)89-79(49)71)73(55)83-57-25-9-1-21-51(57)69-61(83)37-33-47-43-17-5-13-29-65(43)87-77(47)69/h1-35,37-39H,36,40H2. The Kier molecular flexibility index (Phi) is 9.09. The largest absolute Gasteiger partial charge is 0.456 e. The summed E-state index contributed by atoms with van der Waals surface area (Å²) in [6, 6.07) is 85.4. The van der Waals surface area contributed by atoms with Crippen LogP contribution in [0.2, 0.25) is 0 Å². The molecule has 0 atom stereocenters. The molecular weight excluding hydrogens is 1110 g/mol. The minimum absolute atomic E-state index is 0.190. The van der Waals surface area contributed by atoms with Gasteiger partial charge >= 0.3 is 0 Å². The van der Waals surface area contributed by atoms with Crippen molar-refractivity contribution < 1.29 is 17.7 Å². The van der Waals surface area contributed by atoms with E-state index in [0.717, 1.165) is 176 Å². The molecule has 90 heavy (non-hydrogen) atoms. The lowest BCUT2D eigenvalue weighted by molar-refractivity contribution is 0.620. The van der Waals surface area contributed by atoms with Crippen LogP contribution in [0.3, 0.4) is 0 Å². The Morgan fingerprint density at radius 2 is 0.611 bits per heavy atom. The lowest BCUT2D eigenvalue weighted by atomic mass is 9.92. The predicted octanol–water partition coefficient (Wildman–Crippen LogP) is 20.9. The molecule has 8 aromatic heterocycles. The van der Waals surface area contributed by atoms with Crippen molar-refractivity contribution in [1.82, 2.24) is 18.3 Å². The van der Waals surface area contributed by atoms with Crippen molar-refractivity contribution in [1.29, 1.82) is 10.5 Å². The van der Waals surface area contributed by atoms with Gasteiger partial charge in [0.25, 0.3) is 0 Å². The minimum atomic E-state index is 0.190. The van der Waals surface area contributed by atoms with Crippen LogP contribution in [0.15, 0.2) is 248 Å². The van der Waals surface area contributed by atoms with Crippen LogP contribution < -0.4 is 0 Å². The molecule has 0 N–H and O–H groups in total. The van der Waals surface area contributed by atoms with Gasteiger partial charge in [-0.25, -0.2) is 0 Å². The number of nitriles is 2. The fourth-order valence-corrected chi connectivity index (χ4v) is 16.0. The van der Waals surface area contributed by atoms with Crippen molar-refractivity contribution in [3.05, 3.63) is 253 Å². The summed E-state index contributed by atoms with van der Waals surface area (Å²) in [5.41, 5.74) is 17.3. The smallest absolute Gasteiger partial charge is 0.145 e. The Hall–Kier alpha value is -12.5. The number of para-hydroxylation sites is 8. The molecule has 8 heterocycles. The molecule has 21 rings (SSSR count). The zero-order valence-electron chi connectivity index (χ0n) is 47.7. The highest BCUT2D eigenvalue weighted by molar-refractivity contribution is 6.28. The van der Waals surface area contributed by atoms with Crippen molar-refractivity contribution in [2.24, 2.45) is 0 Å². The number of rotatable bonds is 4. The molecule has 12 aromatic carbocycles. The summed E-state index contributed by atoms with van der Waals surface area (Å²) in [5.74, 6) is 0.829. The molecule has 0 radical (unpaired) electrons. The van der Waals surface area contributed by atoms with Crippen LogP contribution in [0.5, 0.6) is 0 Å². The zero-order chi connectivity index (χ0) is 58.8. The van der Waals surface area contributed by atoms with Crippen molar-refractivity contribution in [2.45, 2.75) is 12.8 Å². The van der Waals surface area contributed by atoms with Crippen molar-refractivity contribution >= 4 is 153 Å². The van der Waals surface area contributed by atoms with Gasteiger partial charge in [-0.1, -0.05) is 146 Å². The maximum absolute atomic E-state index is 12.7. The van der Waals surface area contributed by atoms with E-state index < -0.39 is 0 Å². The van der Waals surface area contributed by atoms with Gasteiger partial charge in [0.2, 0.25) is 0 Å². The van der Waals surface area contributed by atoms with Gasteiger partial charge in [0.1, 0.15) is 57.0 Å². The van der Waals surface area contributed by atoms with Gasteiger partial charge in [-0.3, -0.25) is 0 Å². The average Bonchev–Trinajstić information content (AvgIpc) is 1.47. The highest BCUT2D eigenvalue weighted by Gasteiger charge is 2.38. The number of benzene rings is 12. The Labute approximate surface area is 508 Å². The third kappa shape index (κ3) is 5.86. The van der Waals surface area contributed by atoms with Gasteiger partial charge in [-0.2, -0.15) is 10.5 Å². The summed E-state index contributed by atoms with van der Waals surface area (Å²) in [5, 5.41) is 39.1. The lowest BCUT2D eigenvalue weighted by Crippen LogP contribution is -2.18. The van der Waals surface area contributed by atoms with Crippen LogP contribution in [0.25, 0.3) is 187 Å². The molecule has 20 aromatic rings. The second kappa shape index (κ2) is 17.1. The average molecular weight is 1150 g/mol. The van der Waals surface area contributed by atoms with E-state index in [4.69, 9.17) is 17.7 Å². The molecule has 0 saturated carbocycles. The fourth-order valence-electron chi connectivity index (χ4n) is 16.0. The Morgan fingerprint density at radius 1 is 0.278 bits per heavy atom. The zero-order valence-corrected chi connectivity index (χ0v) is 47.7. The maximum Gasteiger partial charge on any atom is 0.145 e. The van der Waals surface area contributed by atoms with E-state index in [-0.39, 0.29) is 11.1 Å². The second-order valence-corrected chi connectivity index (χ2v) is 23.8. The fraction of sp³-hybridized carbons (Fsp3) is 0.0250. The lowest BCUT2D eigenvalue weighted by Gasteiger charge is -2.28. The number of aromatic nitrogens is 4. The Bertz CT molecular complexity index is 6770. The Balaban J connectivity index is 1.05. The normalized spacial score (nSPS) is 12.8. The van der Waals surface area contributed by atoms with E-state index in [1.165, 1.54) is 0 Å². The highest BCUT2D eigenvalue weighted by Crippen LogP contribution is 2.54. The van der Waals surface area contributed by atoms with E-state index in [0.29, 0.717) is 35.6 Å². The molecule has 416 valence electrons. The van der Waals surface area contributed by atoms with Crippen molar-refractivity contribution in [3.63, 3.8) is 0 Å². The molecule has 0 saturated heterocycles. The molecule has 0 bridgehead atoms. The van der Waals surface area contributed by atoms with Crippen molar-refractivity contribution in [3.8, 4) is 46.2 Å². The van der Waals surface area contributed by atoms with Crippen LogP contribution >= 0.6 is 0 Å². The molecule has 10 heteroatoms. The summed E-state index contributed by atoms with van der Waals surface area (Å²) < 4.78 is 37.4. The van der Waals surface area contributed by atoms with E-state index in [1.807, 2.05) is 54.6 Å². The quantitative estimate of drug-likeness (QED) is 0.173. The summed E-state index contributed by atoms with van der Waals surface area (Å²) in [6.07, 6.45) is 1.31. The maximum atomic E-state index is 12.7. The van der Waals surface area contributed by atoms with Gasteiger partial charge in [-0.05, 0) is 97.8 Å². The minimum Gasteiger partial charge on any atom is -0.456 e. The molecule has 0 fully saturated rings. The first-order valence-electron chi connectivity index (χ1n) is 30.3. The number of aryl methyl sites for hydroxylation is 1. The highest BCUT2D eigenvalue weighted by atomic mass is 16.3. The van der Waals surface area contributed by atoms with Gasteiger partial charge in [-0.15, -0.1) is 0 Å². The second-order valence-electron chi connectivity index (χ2n) is 23.8. The molecule has 0 spiro atoms. The van der Waals surface area contributed by atoms with Gasteiger partial charge < -0.3 is 35.9 Å². The summed E-state index contributed by atoms with van der Waals surface area (Å²) in [4.78, 5) is 0. The van der Waals surface area contributed by atoms with Crippen LogP contribution in [0.1, 0.15) is 22.4 Å². The van der Waals surface area contributed by atoms with Crippen LogP contribution in [-0.4, -0.2) is 18.3 Å². The first-order chi connectivity index (χ1) is 44.6. The monoisotopic (exact) mass is 1150 g/mol. The summed E-state index contributed by atoms with van der Waals surface area (Å²) in [6.45, 7) is 0. The number of furan rings is 4. The van der Waals surface area contributed by atoms with Gasteiger partial charge in [0.05, 0.1) is 88.7 Å². The van der Waals surface area contributed by atoms with E-state index in [9.17, 15) is 10.5 Å². The molecule has 0 amide bonds. The Morgan fingerprint density at radius 3 is 1.03 bits per heavy atom. The first-order valence-corrected chi connectivity index (χ1v) is 30.3. The number of hydrogen-bond acceptors (Lipinski definition) is 6. The molecule has 1 aliphatic carbocycles. The topological polar surface area (TPSA) is 120 Å². The third-order valence-corrected chi connectivity index (χ3v) is 19.6. The van der Waals surface area contributed by atoms with E-state index in [1.54, 1.807) is 0 Å². The molecule has 0 unspecified atom stereocenters. The van der Waals surface area contributed by atoms with Gasteiger partial charge in [0.15, 0.2) is 0 Å². The molecule has 10 nitrogen and oxygen atoms in total. The van der Waals surface area contributed by atoms with E-state index in [2.05, 4.69) is 206 Å². The number of hydrogen-bond donors (Lipinski definition) is 0. The number of nitrogens with zero attached hydrogens (tertiary/aromatic N) is 6. The molecule has 1 aliphatic rings. The summed E-state index contributed by atoms with van der Waals surface area (Å²) in [7, 11) is 0. The predicted molar refractivity (Wildman–Crippen MR) is 360 cm³/mol.